The molecule has 2 unspecified atom stereocenters. The highest BCUT2D eigenvalue weighted by molar-refractivity contribution is 6.30. The summed E-state index contributed by atoms with van der Waals surface area (Å²) in [5.74, 6) is -3.06. The summed E-state index contributed by atoms with van der Waals surface area (Å²) in [6, 6.07) is -0.726. The highest BCUT2D eigenvalue weighted by Gasteiger charge is 2.50. The van der Waals surface area contributed by atoms with E-state index < -0.39 is 24.1 Å². The molecular formula is C10H8ClF3N2O2. The maximum atomic E-state index is 12.7. The molecular weight excluding hydrogens is 273 g/mol. The molecule has 0 amide bonds. The number of nitrogens with one attached hydrogen (secondary N) is 1. The van der Waals surface area contributed by atoms with Gasteiger partial charge in [0.25, 0.3) is 0 Å². The van der Waals surface area contributed by atoms with Crippen molar-refractivity contribution in [1.82, 2.24) is 4.98 Å². The van der Waals surface area contributed by atoms with Crippen LogP contribution in [0.5, 0.6) is 0 Å². The van der Waals surface area contributed by atoms with Gasteiger partial charge >= 0.3 is 12.1 Å². The number of hydrogen-bond acceptors (Lipinski definition) is 3. The molecule has 0 radical (unpaired) electrons. The first-order chi connectivity index (χ1) is 8.29. The largest absolute Gasteiger partial charge is 0.481 e. The Balaban J connectivity index is 2.40. The van der Waals surface area contributed by atoms with Crippen molar-refractivity contribution in [3.63, 3.8) is 0 Å². The Morgan fingerprint density at radius 2 is 2.22 bits per heavy atom. The minimum Gasteiger partial charge on any atom is -0.481 e. The first-order valence-electron chi connectivity index (χ1n) is 4.99. The van der Waals surface area contributed by atoms with Crippen molar-refractivity contribution in [1.29, 1.82) is 0 Å². The Bertz CT molecular complexity index is 493. The van der Waals surface area contributed by atoms with Crippen LogP contribution < -0.4 is 5.32 Å². The molecule has 1 aliphatic heterocycles. The Morgan fingerprint density at radius 3 is 2.78 bits per heavy atom. The molecule has 1 aromatic rings. The van der Waals surface area contributed by atoms with Crippen LogP contribution in [0.2, 0.25) is 5.02 Å². The van der Waals surface area contributed by atoms with Gasteiger partial charge in [0.1, 0.15) is 11.9 Å². The van der Waals surface area contributed by atoms with Gasteiger partial charge in [-0.1, -0.05) is 11.6 Å². The Morgan fingerprint density at radius 1 is 1.56 bits per heavy atom. The number of alkyl halides is 3. The van der Waals surface area contributed by atoms with Crippen LogP contribution in [0.4, 0.5) is 19.0 Å². The van der Waals surface area contributed by atoms with Crippen LogP contribution in [0.1, 0.15) is 5.56 Å². The number of aromatic nitrogens is 1. The molecule has 2 atom stereocenters. The van der Waals surface area contributed by atoms with E-state index in [9.17, 15) is 18.0 Å². The topological polar surface area (TPSA) is 62.2 Å². The molecule has 2 heterocycles. The van der Waals surface area contributed by atoms with E-state index >= 15 is 0 Å². The zero-order chi connectivity index (χ0) is 13.5. The normalized spacial score (nSPS) is 23.1. The van der Waals surface area contributed by atoms with Gasteiger partial charge in [-0.15, -0.1) is 0 Å². The van der Waals surface area contributed by atoms with Gasteiger partial charge in [0, 0.05) is 6.20 Å². The maximum absolute atomic E-state index is 12.7. The van der Waals surface area contributed by atoms with Gasteiger partial charge in [-0.2, -0.15) is 13.2 Å². The average Bonchev–Trinajstić information content (AvgIpc) is 2.25. The second-order valence-corrected chi connectivity index (χ2v) is 4.41. The fourth-order valence-electron chi connectivity index (χ4n) is 1.91. The number of rotatable bonds is 1. The van der Waals surface area contributed by atoms with Crippen LogP contribution in [0, 0.1) is 5.92 Å². The second kappa shape index (κ2) is 4.31. The molecule has 4 nitrogen and oxygen atoms in total. The van der Waals surface area contributed by atoms with Crippen molar-refractivity contribution >= 4 is 23.4 Å². The summed E-state index contributed by atoms with van der Waals surface area (Å²) >= 11 is 5.67. The summed E-state index contributed by atoms with van der Waals surface area (Å²) in [7, 11) is 0. The number of hydrogen-bond donors (Lipinski definition) is 2. The standard InChI is InChI=1S/C10H8ClF3N2O2/c11-5-1-4-2-6(9(17)18)7(10(12,13)14)16-8(4)15-3-5/h1,3,6-7H,2H2,(H,15,16)(H,17,18). The number of fused-ring (bicyclic) bond motifs is 1. The highest BCUT2D eigenvalue weighted by Crippen LogP contribution is 2.36. The van der Waals surface area contributed by atoms with E-state index in [-0.39, 0.29) is 17.3 Å². The van der Waals surface area contributed by atoms with Crippen molar-refractivity contribution in [3.8, 4) is 0 Å². The summed E-state index contributed by atoms with van der Waals surface area (Å²) in [4.78, 5) is 14.7. The zero-order valence-corrected chi connectivity index (χ0v) is 9.59. The van der Waals surface area contributed by atoms with Gasteiger partial charge in [0.2, 0.25) is 0 Å². The fourth-order valence-corrected chi connectivity index (χ4v) is 2.09. The van der Waals surface area contributed by atoms with E-state index in [0.29, 0.717) is 5.56 Å². The molecule has 2 N–H and O–H groups in total. The predicted octanol–water partition coefficient (Wildman–Crippen LogP) is 2.33. The minimum absolute atomic E-state index is 0.0271. The number of nitrogens with zero attached hydrogens (tertiary/aromatic N) is 1. The average molecular weight is 281 g/mol. The van der Waals surface area contributed by atoms with Crippen LogP contribution in [0.15, 0.2) is 12.3 Å². The second-order valence-electron chi connectivity index (χ2n) is 3.97. The lowest BCUT2D eigenvalue weighted by Gasteiger charge is -2.32. The van der Waals surface area contributed by atoms with Crippen LogP contribution >= 0.6 is 11.6 Å². The molecule has 0 aliphatic carbocycles. The van der Waals surface area contributed by atoms with Gasteiger partial charge in [0.15, 0.2) is 0 Å². The third kappa shape index (κ3) is 2.35. The van der Waals surface area contributed by atoms with Crippen LogP contribution in [-0.2, 0) is 11.2 Å². The van der Waals surface area contributed by atoms with Crippen molar-refractivity contribution in [2.75, 3.05) is 5.32 Å². The molecule has 18 heavy (non-hydrogen) atoms. The number of halogens is 4. The monoisotopic (exact) mass is 280 g/mol. The van der Waals surface area contributed by atoms with Crippen LogP contribution in [0.25, 0.3) is 0 Å². The zero-order valence-electron chi connectivity index (χ0n) is 8.83. The SMILES string of the molecule is O=C(O)C1Cc2cc(Cl)cnc2NC1C(F)(F)F. The smallest absolute Gasteiger partial charge is 0.409 e. The van der Waals surface area contributed by atoms with Crippen molar-refractivity contribution in [2.45, 2.75) is 18.6 Å². The number of aliphatic carboxylic acids is 1. The third-order valence-corrected chi connectivity index (χ3v) is 2.94. The van der Waals surface area contributed by atoms with Crippen molar-refractivity contribution in [2.24, 2.45) is 5.92 Å². The molecule has 8 heteroatoms. The van der Waals surface area contributed by atoms with Gasteiger partial charge in [-0.05, 0) is 18.1 Å². The number of anilines is 1. The van der Waals surface area contributed by atoms with Gasteiger partial charge < -0.3 is 10.4 Å². The van der Waals surface area contributed by atoms with E-state index in [2.05, 4.69) is 10.3 Å². The van der Waals surface area contributed by atoms with Crippen molar-refractivity contribution < 1.29 is 23.1 Å². The predicted molar refractivity (Wildman–Crippen MR) is 57.5 cm³/mol. The fraction of sp³-hybridized carbons (Fsp3) is 0.400. The minimum atomic E-state index is -4.65. The third-order valence-electron chi connectivity index (χ3n) is 2.74. The lowest BCUT2D eigenvalue weighted by atomic mass is 9.88. The Labute approximate surface area is 105 Å². The van der Waals surface area contributed by atoms with E-state index in [1.54, 1.807) is 0 Å². The van der Waals surface area contributed by atoms with Gasteiger partial charge in [0.05, 0.1) is 10.9 Å². The summed E-state index contributed by atoms with van der Waals surface area (Å²) in [5, 5.41) is 11.2. The molecule has 0 bridgehead atoms. The number of carboxylic acids is 1. The molecule has 0 saturated heterocycles. The van der Waals surface area contributed by atoms with Gasteiger partial charge in [-0.3, -0.25) is 4.79 Å². The molecule has 0 aromatic carbocycles. The molecule has 0 spiro atoms. The molecule has 0 saturated carbocycles. The lowest BCUT2D eigenvalue weighted by Crippen LogP contribution is -2.49. The highest BCUT2D eigenvalue weighted by atomic mass is 35.5. The molecule has 98 valence electrons. The molecule has 0 fully saturated rings. The first kappa shape index (κ1) is 12.9. The van der Waals surface area contributed by atoms with E-state index in [1.807, 2.05) is 0 Å². The summed E-state index contributed by atoms with van der Waals surface area (Å²) in [6.07, 6.45) is -3.70. The summed E-state index contributed by atoms with van der Waals surface area (Å²) < 4.78 is 38.2. The molecule has 1 aliphatic rings. The Kier molecular flexibility index (Phi) is 3.10. The summed E-state index contributed by atoms with van der Waals surface area (Å²) in [5.41, 5.74) is 0.371. The van der Waals surface area contributed by atoms with E-state index in [1.165, 1.54) is 12.3 Å². The Hall–Kier alpha value is -1.50. The van der Waals surface area contributed by atoms with Crippen molar-refractivity contribution in [3.05, 3.63) is 22.8 Å². The van der Waals surface area contributed by atoms with E-state index in [4.69, 9.17) is 16.7 Å². The van der Waals surface area contributed by atoms with Gasteiger partial charge in [-0.25, -0.2) is 4.98 Å². The van der Waals surface area contributed by atoms with Crippen LogP contribution in [0.3, 0.4) is 0 Å². The maximum Gasteiger partial charge on any atom is 0.409 e. The van der Waals surface area contributed by atoms with E-state index in [0.717, 1.165) is 0 Å². The number of carboxylic acid groups (broad SMARTS) is 1. The summed E-state index contributed by atoms with van der Waals surface area (Å²) in [6.45, 7) is 0. The number of carbonyl (C=O) groups is 1. The lowest BCUT2D eigenvalue weighted by molar-refractivity contribution is -0.169. The molecule has 2 rings (SSSR count). The van der Waals surface area contributed by atoms with Crippen LogP contribution in [-0.4, -0.2) is 28.3 Å². The quantitative estimate of drug-likeness (QED) is 0.829. The molecule has 1 aromatic heterocycles. The number of pyridine rings is 1. The first-order valence-corrected chi connectivity index (χ1v) is 5.37.